The van der Waals surface area contributed by atoms with Gasteiger partial charge >= 0.3 is 6.18 Å². The Labute approximate surface area is 147 Å². The fraction of sp³-hybridized carbons (Fsp3) is 0.562. The number of aryl methyl sites for hydroxylation is 1. The Morgan fingerprint density at radius 2 is 1.96 bits per heavy atom. The minimum atomic E-state index is -4.53. The van der Waals surface area contributed by atoms with Gasteiger partial charge in [-0.2, -0.15) is 13.2 Å². The number of carbonyl (C=O) groups is 1. The van der Waals surface area contributed by atoms with Crippen molar-refractivity contribution in [2.75, 3.05) is 19.6 Å². The lowest BCUT2D eigenvalue weighted by atomic mass is 9.88. The normalized spacial score (nSPS) is 19.3. The summed E-state index contributed by atoms with van der Waals surface area (Å²) < 4.78 is 39.2. The van der Waals surface area contributed by atoms with Crippen LogP contribution in [-0.2, 0) is 17.5 Å². The van der Waals surface area contributed by atoms with Crippen molar-refractivity contribution in [3.05, 3.63) is 34.2 Å². The summed E-state index contributed by atoms with van der Waals surface area (Å²) in [4.78, 5) is 25.7. The van der Waals surface area contributed by atoms with Crippen molar-refractivity contribution in [1.82, 2.24) is 20.1 Å². The van der Waals surface area contributed by atoms with Gasteiger partial charge in [-0.05, 0) is 18.9 Å². The van der Waals surface area contributed by atoms with E-state index in [-0.39, 0.29) is 30.4 Å². The van der Waals surface area contributed by atoms with E-state index in [1.165, 1.54) is 0 Å². The molecule has 1 aromatic heterocycles. The molecule has 2 saturated heterocycles. The first kappa shape index (κ1) is 18.3. The van der Waals surface area contributed by atoms with E-state index < -0.39 is 17.3 Å². The van der Waals surface area contributed by atoms with Crippen LogP contribution in [-0.4, -0.2) is 46.5 Å². The Balaban J connectivity index is 1.57. The molecule has 1 amide bonds. The van der Waals surface area contributed by atoms with Crippen LogP contribution in [0.3, 0.4) is 0 Å². The second-order valence-electron chi connectivity index (χ2n) is 6.71. The Bertz CT molecular complexity index is 766. The maximum absolute atomic E-state index is 12.7. The number of nitrogens with one attached hydrogen (secondary N) is 3. The van der Waals surface area contributed by atoms with Gasteiger partial charge in [0.1, 0.15) is 0 Å². The molecule has 2 aliphatic heterocycles. The number of hydrogen-bond acceptors (Lipinski definition) is 3. The van der Waals surface area contributed by atoms with Crippen LogP contribution in [0.4, 0.5) is 13.2 Å². The molecule has 1 spiro atoms. The van der Waals surface area contributed by atoms with Crippen LogP contribution < -0.4 is 16.2 Å². The van der Waals surface area contributed by atoms with Crippen LogP contribution in [0.5, 0.6) is 0 Å². The SMILES string of the molecule is N=C1NCC2(CCN(C(=O)CCn3cc(C(F)(F)F)ccc3=O)CC2)N1. The average Bonchev–Trinajstić information content (AvgIpc) is 2.94. The largest absolute Gasteiger partial charge is 0.417 e. The summed E-state index contributed by atoms with van der Waals surface area (Å²) in [5, 5.41) is 13.6. The smallest absolute Gasteiger partial charge is 0.354 e. The van der Waals surface area contributed by atoms with Crippen molar-refractivity contribution in [3.8, 4) is 0 Å². The summed E-state index contributed by atoms with van der Waals surface area (Å²) in [5.74, 6) is 0.0962. The molecular formula is C16H20F3N5O2. The van der Waals surface area contributed by atoms with Gasteiger partial charge in [-0.1, -0.05) is 0 Å². The van der Waals surface area contributed by atoms with Gasteiger partial charge in [-0.25, -0.2) is 0 Å². The highest BCUT2D eigenvalue weighted by Crippen LogP contribution is 2.28. The molecule has 0 unspecified atom stereocenters. The summed E-state index contributed by atoms with van der Waals surface area (Å²) in [5.41, 5.74) is -1.68. The number of carbonyl (C=O) groups excluding carboxylic acids is 1. The third kappa shape index (κ3) is 3.83. The number of likely N-dealkylation sites (tertiary alicyclic amines) is 1. The van der Waals surface area contributed by atoms with E-state index in [0.717, 1.165) is 22.9 Å². The molecule has 3 heterocycles. The first-order chi connectivity index (χ1) is 12.2. The van der Waals surface area contributed by atoms with E-state index >= 15 is 0 Å². The average molecular weight is 371 g/mol. The third-order valence-corrected chi connectivity index (χ3v) is 4.94. The standard InChI is InChI=1S/C16H20F3N5O2/c17-16(18,19)11-1-2-12(25)24(9-11)6-3-13(26)23-7-4-15(5-8-23)10-21-14(20)22-15/h1-2,9H,3-8,10H2,(H3,20,21,22). The molecule has 0 saturated carbocycles. The number of halogens is 3. The highest BCUT2D eigenvalue weighted by Gasteiger charge is 2.39. The lowest BCUT2D eigenvalue weighted by Gasteiger charge is -2.38. The zero-order chi connectivity index (χ0) is 18.9. The van der Waals surface area contributed by atoms with Crippen LogP contribution in [0.25, 0.3) is 0 Å². The van der Waals surface area contributed by atoms with E-state index in [1.54, 1.807) is 4.90 Å². The van der Waals surface area contributed by atoms with Crippen LogP contribution in [0, 0.1) is 5.41 Å². The minimum absolute atomic E-state index is 0.0320. The summed E-state index contributed by atoms with van der Waals surface area (Å²) in [6, 6.07) is 1.61. The van der Waals surface area contributed by atoms with Gasteiger partial charge < -0.3 is 20.1 Å². The Hall–Kier alpha value is -2.52. The molecule has 26 heavy (non-hydrogen) atoms. The van der Waals surface area contributed by atoms with Gasteiger partial charge in [0.05, 0.1) is 11.1 Å². The Morgan fingerprint density at radius 3 is 2.54 bits per heavy atom. The predicted molar refractivity (Wildman–Crippen MR) is 87.7 cm³/mol. The van der Waals surface area contributed by atoms with Crippen LogP contribution in [0.1, 0.15) is 24.8 Å². The van der Waals surface area contributed by atoms with E-state index in [0.29, 0.717) is 32.5 Å². The van der Waals surface area contributed by atoms with Crippen molar-refractivity contribution < 1.29 is 18.0 Å². The topological polar surface area (TPSA) is 90.2 Å². The molecule has 3 rings (SSSR count). The van der Waals surface area contributed by atoms with Crippen molar-refractivity contribution in [2.24, 2.45) is 0 Å². The number of guanidine groups is 1. The molecule has 0 atom stereocenters. The van der Waals surface area contributed by atoms with Gasteiger partial charge in [-0.15, -0.1) is 0 Å². The number of aromatic nitrogens is 1. The Kier molecular flexibility index (Phi) is 4.68. The third-order valence-electron chi connectivity index (χ3n) is 4.94. The van der Waals surface area contributed by atoms with Crippen molar-refractivity contribution >= 4 is 11.9 Å². The highest BCUT2D eigenvalue weighted by molar-refractivity contribution is 5.80. The molecule has 3 N–H and O–H groups in total. The number of hydrogen-bond donors (Lipinski definition) is 3. The first-order valence-corrected chi connectivity index (χ1v) is 8.35. The number of nitrogens with zero attached hydrogens (tertiary/aromatic N) is 2. The number of amides is 1. The fourth-order valence-corrected chi connectivity index (χ4v) is 3.35. The van der Waals surface area contributed by atoms with Gasteiger partial charge in [0.25, 0.3) is 5.56 Å². The van der Waals surface area contributed by atoms with Gasteiger partial charge in [0.2, 0.25) is 5.91 Å². The maximum Gasteiger partial charge on any atom is 0.417 e. The molecule has 10 heteroatoms. The van der Waals surface area contributed by atoms with Gasteiger partial charge in [0, 0.05) is 44.9 Å². The molecule has 2 aliphatic rings. The summed E-state index contributed by atoms with van der Waals surface area (Å²) in [6.07, 6.45) is -2.43. The van der Waals surface area contributed by atoms with E-state index in [2.05, 4.69) is 10.6 Å². The fourth-order valence-electron chi connectivity index (χ4n) is 3.35. The van der Waals surface area contributed by atoms with Crippen molar-refractivity contribution in [2.45, 2.75) is 37.5 Å². The minimum Gasteiger partial charge on any atom is -0.354 e. The van der Waals surface area contributed by atoms with E-state index in [9.17, 15) is 22.8 Å². The molecule has 0 aromatic carbocycles. The molecule has 0 aliphatic carbocycles. The van der Waals surface area contributed by atoms with E-state index in [4.69, 9.17) is 5.41 Å². The summed E-state index contributed by atoms with van der Waals surface area (Å²) in [7, 11) is 0. The molecular weight excluding hydrogens is 351 g/mol. The summed E-state index contributed by atoms with van der Waals surface area (Å²) in [6.45, 7) is 1.58. The van der Waals surface area contributed by atoms with Crippen molar-refractivity contribution in [1.29, 1.82) is 5.41 Å². The quantitative estimate of drug-likeness (QED) is 0.731. The second kappa shape index (κ2) is 6.65. The highest BCUT2D eigenvalue weighted by atomic mass is 19.4. The zero-order valence-corrected chi connectivity index (χ0v) is 14.0. The molecule has 142 valence electrons. The van der Waals surface area contributed by atoms with Crippen LogP contribution >= 0.6 is 0 Å². The van der Waals surface area contributed by atoms with Gasteiger partial charge in [0.15, 0.2) is 5.96 Å². The first-order valence-electron chi connectivity index (χ1n) is 8.35. The predicted octanol–water partition coefficient (Wildman–Crippen LogP) is 0.746. The zero-order valence-electron chi connectivity index (χ0n) is 14.0. The molecule has 0 radical (unpaired) electrons. The van der Waals surface area contributed by atoms with Crippen LogP contribution in [0.2, 0.25) is 0 Å². The maximum atomic E-state index is 12.7. The monoisotopic (exact) mass is 371 g/mol. The number of rotatable bonds is 3. The number of alkyl halides is 3. The Morgan fingerprint density at radius 1 is 1.27 bits per heavy atom. The molecule has 1 aromatic rings. The number of pyridine rings is 1. The second-order valence-corrected chi connectivity index (χ2v) is 6.71. The molecule has 7 nitrogen and oxygen atoms in total. The molecule has 0 bridgehead atoms. The molecule has 2 fully saturated rings. The van der Waals surface area contributed by atoms with Crippen molar-refractivity contribution in [3.63, 3.8) is 0 Å². The van der Waals surface area contributed by atoms with Crippen LogP contribution in [0.15, 0.2) is 23.1 Å². The summed E-state index contributed by atoms with van der Waals surface area (Å²) >= 11 is 0. The number of piperidine rings is 1. The van der Waals surface area contributed by atoms with Gasteiger partial charge in [-0.3, -0.25) is 15.0 Å². The lowest BCUT2D eigenvalue weighted by Crippen LogP contribution is -2.53. The van der Waals surface area contributed by atoms with E-state index in [1.807, 2.05) is 0 Å². The lowest BCUT2D eigenvalue weighted by molar-refractivity contribution is -0.138.